The first-order valence-corrected chi connectivity index (χ1v) is 10.3. The Morgan fingerprint density at radius 3 is 2.59 bits per heavy atom. The van der Waals surface area contributed by atoms with Gasteiger partial charge in [0.1, 0.15) is 5.76 Å². The lowest BCUT2D eigenvalue weighted by atomic mass is 9.97. The molecular weight excluding hydrogens is 370 g/mol. The summed E-state index contributed by atoms with van der Waals surface area (Å²) >= 11 is 1.12. The monoisotopic (exact) mass is 397 g/mol. The maximum Gasteiger partial charge on any atom is 0.316 e. The van der Waals surface area contributed by atoms with Crippen molar-refractivity contribution in [1.29, 1.82) is 0 Å². The Morgan fingerprint density at radius 2 is 2.00 bits per heavy atom. The third-order valence-corrected chi connectivity index (χ3v) is 5.36. The van der Waals surface area contributed by atoms with Crippen LogP contribution in [-0.2, 0) is 19.1 Å². The predicted octanol–water partition coefficient (Wildman–Crippen LogP) is 2.38. The molecule has 0 unspecified atom stereocenters. The van der Waals surface area contributed by atoms with E-state index in [4.69, 9.17) is 9.26 Å². The van der Waals surface area contributed by atoms with E-state index in [-0.39, 0.29) is 35.4 Å². The van der Waals surface area contributed by atoms with Crippen molar-refractivity contribution in [3.63, 3.8) is 0 Å². The van der Waals surface area contributed by atoms with Gasteiger partial charge in [-0.15, -0.1) is 11.8 Å². The minimum Gasteiger partial charge on any atom is -0.452 e. The third kappa shape index (κ3) is 6.27. The quantitative estimate of drug-likeness (QED) is 0.705. The fourth-order valence-corrected chi connectivity index (χ4v) is 3.77. The molecule has 0 aliphatic carbocycles. The highest BCUT2D eigenvalue weighted by Gasteiger charge is 2.33. The summed E-state index contributed by atoms with van der Waals surface area (Å²) in [6.07, 6.45) is 2.21. The van der Waals surface area contributed by atoms with Crippen LogP contribution in [0, 0.1) is 6.92 Å². The largest absolute Gasteiger partial charge is 0.452 e. The van der Waals surface area contributed by atoms with Gasteiger partial charge in [0.2, 0.25) is 5.91 Å². The SMILES string of the molecule is Cc1cc(NC(=O)CSCC(=O)O[C@@H](C)C(=O)N2[C@H](C)CCC[C@@H]2C)no1. The standard InChI is InChI=1S/C18H27N3O5S/c1-11-6-5-7-12(2)21(11)18(24)14(4)25-17(23)10-27-9-16(22)19-15-8-13(3)26-20-15/h8,11-12,14H,5-7,9-10H2,1-4H3,(H,19,20,22)/t11-,12+,14-/m0/s1. The number of hydrogen-bond acceptors (Lipinski definition) is 7. The number of hydrogen-bond donors (Lipinski definition) is 1. The fraction of sp³-hybridized carbons (Fsp3) is 0.667. The summed E-state index contributed by atoms with van der Waals surface area (Å²) in [7, 11) is 0. The molecule has 1 saturated heterocycles. The first kappa shape index (κ1) is 21.3. The first-order valence-electron chi connectivity index (χ1n) is 9.10. The molecule has 1 aliphatic rings. The van der Waals surface area contributed by atoms with Crippen LogP contribution >= 0.6 is 11.8 Å². The molecule has 0 radical (unpaired) electrons. The van der Waals surface area contributed by atoms with Crippen molar-refractivity contribution in [2.24, 2.45) is 0 Å². The number of aryl methyl sites for hydroxylation is 1. The molecule has 2 rings (SSSR count). The Kier molecular flexibility index (Phi) is 7.70. The van der Waals surface area contributed by atoms with E-state index >= 15 is 0 Å². The normalized spacial score (nSPS) is 20.8. The number of aromatic nitrogens is 1. The van der Waals surface area contributed by atoms with E-state index in [0.29, 0.717) is 11.6 Å². The third-order valence-electron chi connectivity index (χ3n) is 4.45. The minimum atomic E-state index is -0.826. The van der Waals surface area contributed by atoms with Gasteiger partial charge in [-0.1, -0.05) is 5.16 Å². The molecule has 27 heavy (non-hydrogen) atoms. The average Bonchev–Trinajstić information content (AvgIpc) is 2.99. The zero-order valence-electron chi connectivity index (χ0n) is 16.2. The van der Waals surface area contributed by atoms with Crippen LogP contribution < -0.4 is 5.32 Å². The average molecular weight is 397 g/mol. The van der Waals surface area contributed by atoms with Gasteiger partial charge in [-0.3, -0.25) is 14.4 Å². The van der Waals surface area contributed by atoms with Crippen LogP contribution in [0.5, 0.6) is 0 Å². The highest BCUT2D eigenvalue weighted by molar-refractivity contribution is 8.00. The van der Waals surface area contributed by atoms with Gasteiger partial charge in [-0.25, -0.2) is 0 Å². The van der Waals surface area contributed by atoms with Gasteiger partial charge in [-0.2, -0.15) is 0 Å². The Morgan fingerprint density at radius 1 is 1.33 bits per heavy atom. The molecule has 1 aliphatic heterocycles. The van der Waals surface area contributed by atoms with Crippen LogP contribution in [-0.4, -0.2) is 57.5 Å². The highest BCUT2D eigenvalue weighted by atomic mass is 32.2. The molecule has 8 nitrogen and oxygen atoms in total. The maximum absolute atomic E-state index is 12.6. The van der Waals surface area contributed by atoms with Gasteiger partial charge in [0.25, 0.3) is 5.91 Å². The molecule has 2 amide bonds. The molecular formula is C18H27N3O5S. The summed E-state index contributed by atoms with van der Waals surface area (Å²) in [5, 5.41) is 6.23. The summed E-state index contributed by atoms with van der Waals surface area (Å²) in [5.74, 6) is 0.0381. The molecule has 0 spiro atoms. The summed E-state index contributed by atoms with van der Waals surface area (Å²) in [4.78, 5) is 38.2. The van der Waals surface area contributed by atoms with E-state index in [2.05, 4.69) is 10.5 Å². The van der Waals surface area contributed by atoms with Gasteiger partial charge in [0.05, 0.1) is 11.5 Å². The van der Waals surface area contributed by atoms with E-state index in [1.54, 1.807) is 19.9 Å². The molecule has 0 aromatic carbocycles. The van der Waals surface area contributed by atoms with E-state index in [9.17, 15) is 14.4 Å². The molecule has 1 aromatic rings. The number of anilines is 1. The van der Waals surface area contributed by atoms with Gasteiger partial charge in [-0.05, 0) is 47.0 Å². The molecule has 1 fully saturated rings. The molecule has 9 heteroatoms. The second-order valence-electron chi connectivity index (χ2n) is 6.87. The lowest BCUT2D eigenvalue weighted by Gasteiger charge is -2.40. The van der Waals surface area contributed by atoms with Crippen LogP contribution in [0.25, 0.3) is 0 Å². The van der Waals surface area contributed by atoms with Gasteiger partial charge < -0.3 is 19.5 Å². The van der Waals surface area contributed by atoms with Crippen molar-refractivity contribution in [2.45, 2.75) is 65.1 Å². The summed E-state index contributed by atoms with van der Waals surface area (Å²) in [6, 6.07) is 1.91. The van der Waals surface area contributed by atoms with Crippen molar-refractivity contribution in [2.75, 3.05) is 16.8 Å². The van der Waals surface area contributed by atoms with E-state index in [1.807, 2.05) is 18.7 Å². The number of nitrogens with zero attached hydrogens (tertiary/aromatic N) is 2. The van der Waals surface area contributed by atoms with Gasteiger partial charge >= 0.3 is 5.97 Å². The van der Waals surface area contributed by atoms with Crippen molar-refractivity contribution >= 4 is 35.4 Å². The Balaban J connectivity index is 1.71. The van der Waals surface area contributed by atoms with Crippen LogP contribution in [0.4, 0.5) is 5.82 Å². The van der Waals surface area contributed by atoms with Crippen molar-refractivity contribution in [3.8, 4) is 0 Å². The number of carbonyl (C=O) groups is 3. The molecule has 0 bridgehead atoms. The Labute approximate surface area is 163 Å². The number of likely N-dealkylation sites (tertiary alicyclic amines) is 1. The number of amides is 2. The molecule has 2 heterocycles. The van der Waals surface area contributed by atoms with E-state index in [1.165, 1.54) is 0 Å². The Bertz CT molecular complexity index is 668. The lowest BCUT2D eigenvalue weighted by molar-refractivity contribution is -0.160. The smallest absolute Gasteiger partial charge is 0.316 e. The lowest BCUT2D eigenvalue weighted by Crippen LogP contribution is -2.51. The topological polar surface area (TPSA) is 102 Å². The number of esters is 1. The number of nitrogens with one attached hydrogen (secondary N) is 1. The number of piperidine rings is 1. The number of thioether (sulfide) groups is 1. The molecule has 150 valence electrons. The maximum atomic E-state index is 12.6. The van der Waals surface area contributed by atoms with Crippen molar-refractivity contribution < 1.29 is 23.6 Å². The van der Waals surface area contributed by atoms with Crippen LogP contribution in [0.3, 0.4) is 0 Å². The van der Waals surface area contributed by atoms with Crippen LogP contribution in [0.1, 0.15) is 45.8 Å². The predicted molar refractivity (Wildman–Crippen MR) is 102 cm³/mol. The fourth-order valence-electron chi connectivity index (χ4n) is 3.18. The molecule has 3 atom stereocenters. The van der Waals surface area contributed by atoms with Crippen molar-refractivity contribution in [3.05, 3.63) is 11.8 Å². The molecule has 0 saturated carbocycles. The zero-order chi connectivity index (χ0) is 20.0. The Hall–Kier alpha value is -2.03. The number of rotatable bonds is 7. The molecule has 1 aromatic heterocycles. The van der Waals surface area contributed by atoms with E-state index < -0.39 is 12.1 Å². The number of ether oxygens (including phenoxy) is 1. The van der Waals surface area contributed by atoms with Crippen LogP contribution in [0.2, 0.25) is 0 Å². The summed E-state index contributed by atoms with van der Waals surface area (Å²) in [5.41, 5.74) is 0. The summed E-state index contributed by atoms with van der Waals surface area (Å²) in [6.45, 7) is 7.36. The second-order valence-corrected chi connectivity index (χ2v) is 7.86. The van der Waals surface area contributed by atoms with Crippen molar-refractivity contribution in [1.82, 2.24) is 10.1 Å². The molecule has 1 N–H and O–H groups in total. The summed E-state index contributed by atoms with van der Waals surface area (Å²) < 4.78 is 10.1. The second kappa shape index (κ2) is 9.77. The number of carbonyl (C=O) groups excluding carboxylic acids is 3. The van der Waals surface area contributed by atoms with Gasteiger partial charge in [0.15, 0.2) is 11.9 Å². The first-order chi connectivity index (χ1) is 12.8. The minimum absolute atomic E-state index is 0.00596. The zero-order valence-corrected chi connectivity index (χ0v) is 17.0. The van der Waals surface area contributed by atoms with E-state index in [0.717, 1.165) is 31.0 Å². The highest BCUT2D eigenvalue weighted by Crippen LogP contribution is 2.23. The van der Waals surface area contributed by atoms with Gasteiger partial charge in [0, 0.05) is 18.2 Å². The van der Waals surface area contributed by atoms with Crippen LogP contribution in [0.15, 0.2) is 10.6 Å².